The van der Waals surface area contributed by atoms with Crippen LogP contribution in [0.15, 0.2) is 41.4 Å². The summed E-state index contributed by atoms with van der Waals surface area (Å²) in [6.45, 7) is 3.64. The number of carbonyl (C=O) groups excluding carboxylic acids is 1. The molecule has 0 spiro atoms. The summed E-state index contributed by atoms with van der Waals surface area (Å²) in [5.41, 5.74) is 0. The van der Waals surface area contributed by atoms with E-state index in [0.29, 0.717) is 5.75 Å². The average Bonchev–Trinajstić information content (AvgIpc) is 2.40. The van der Waals surface area contributed by atoms with Gasteiger partial charge in [0.1, 0.15) is 11.8 Å². The highest BCUT2D eigenvalue weighted by Gasteiger charge is 2.17. The molecule has 2 N–H and O–H groups in total. The normalized spacial score (nSPS) is 11.4. The molecule has 0 saturated heterocycles. The average molecular weight is 342 g/mol. The third-order valence-corrected chi connectivity index (χ3v) is 2.98. The van der Waals surface area contributed by atoms with Crippen molar-refractivity contribution in [2.24, 2.45) is 0 Å². The zero-order valence-corrected chi connectivity index (χ0v) is 12.4. The third-order valence-electron chi connectivity index (χ3n) is 2.45. The Kier molecular flexibility index (Phi) is 6.79. The van der Waals surface area contributed by atoms with E-state index in [4.69, 9.17) is 9.84 Å². The van der Waals surface area contributed by atoms with E-state index in [-0.39, 0.29) is 25.4 Å². The van der Waals surface area contributed by atoms with Gasteiger partial charge in [0, 0.05) is 4.47 Å². The van der Waals surface area contributed by atoms with Gasteiger partial charge in [-0.2, -0.15) is 0 Å². The molecule has 0 fully saturated rings. The number of carbonyl (C=O) groups is 2. The van der Waals surface area contributed by atoms with E-state index in [9.17, 15) is 9.59 Å². The number of halogens is 1. The topological polar surface area (TPSA) is 75.6 Å². The lowest BCUT2D eigenvalue weighted by atomic mass is 10.2. The highest BCUT2D eigenvalue weighted by atomic mass is 79.9. The Morgan fingerprint density at radius 3 is 2.60 bits per heavy atom. The van der Waals surface area contributed by atoms with Crippen LogP contribution in [0.1, 0.15) is 12.8 Å². The number of amides is 1. The van der Waals surface area contributed by atoms with Crippen LogP contribution in [0.3, 0.4) is 0 Å². The molecule has 20 heavy (non-hydrogen) atoms. The summed E-state index contributed by atoms with van der Waals surface area (Å²) in [4.78, 5) is 22.4. The molecule has 5 nitrogen and oxygen atoms in total. The molecule has 1 unspecified atom stereocenters. The Labute approximate surface area is 125 Å². The van der Waals surface area contributed by atoms with Gasteiger partial charge in [-0.05, 0) is 30.7 Å². The predicted molar refractivity (Wildman–Crippen MR) is 78.6 cm³/mol. The second-order valence-electron chi connectivity index (χ2n) is 4.04. The van der Waals surface area contributed by atoms with Gasteiger partial charge in [-0.15, -0.1) is 6.58 Å². The van der Waals surface area contributed by atoms with Crippen molar-refractivity contribution in [2.75, 3.05) is 6.61 Å². The van der Waals surface area contributed by atoms with Crippen LogP contribution in [0.2, 0.25) is 0 Å². The first-order valence-electron chi connectivity index (χ1n) is 6.04. The molecule has 0 aliphatic heterocycles. The van der Waals surface area contributed by atoms with Gasteiger partial charge in [-0.1, -0.05) is 22.0 Å². The molecule has 0 aromatic heterocycles. The van der Waals surface area contributed by atoms with Crippen molar-refractivity contribution >= 4 is 27.8 Å². The standard InChI is InChI=1S/C14H16BrNO4/c1-2-3-12(14(18)19)16-13(17)8-9-20-11-6-4-10(15)5-7-11/h2,4-7,12H,1,3,8-9H2,(H,16,17)(H,18,19). The van der Waals surface area contributed by atoms with Crippen LogP contribution in [-0.4, -0.2) is 29.6 Å². The smallest absolute Gasteiger partial charge is 0.326 e. The summed E-state index contributed by atoms with van der Waals surface area (Å²) in [5, 5.41) is 11.3. The zero-order chi connectivity index (χ0) is 15.0. The zero-order valence-electron chi connectivity index (χ0n) is 10.8. The number of hydrogen-bond donors (Lipinski definition) is 2. The number of carboxylic acids is 1. The van der Waals surface area contributed by atoms with Gasteiger partial charge in [-0.3, -0.25) is 4.79 Å². The lowest BCUT2D eigenvalue weighted by molar-refractivity contribution is -0.141. The van der Waals surface area contributed by atoms with Gasteiger partial charge in [0.25, 0.3) is 0 Å². The molecule has 108 valence electrons. The Morgan fingerprint density at radius 1 is 1.40 bits per heavy atom. The van der Waals surface area contributed by atoms with Crippen LogP contribution in [0, 0.1) is 0 Å². The molecule has 0 bridgehead atoms. The van der Waals surface area contributed by atoms with E-state index in [1.165, 1.54) is 6.08 Å². The predicted octanol–water partition coefficient (Wildman–Crippen LogP) is 2.36. The SMILES string of the molecule is C=CCC(NC(=O)CCOc1ccc(Br)cc1)C(=O)O. The maximum absolute atomic E-state index is 11.6. The fourth-order valence-electron chi connectivity index (χ4n) is 1.45. The Morgan fingerprint density at radius 2 is 2.05 bits per heavy atom. The van der Waals surface area contributed by atoms with E-state index >= 15 is 0 Å². The van der Waals surface area contributed by atoms with Crippen molar-refractivity contribution in [3.05, 3.63) is 41.4 Å². The van der Waals surface area contributed by atoms with Gasteiger partial charge >= 0.3 is 5.97 Å². The molecular weight excluding hydrogens is 326 g/mol. The first kappa shape index (κ1) is 16.2. The van der Waals surface area contributed by atoms with Crippen LogP contribution in [0.25, 0.3) is 0 Å². The van der Waals surface area contributed by atoms with Crippen molar-refractivity contribution in [3.63, 3.8) is 0 Å². The number of hydrogen-bond acceptors (Lipinski definition) is 3. The number of ether oxygens (including phenoxy) is 1. The van der Waals surface area contributed by atoms with Gasteiger partial charge in [0.05, 0.1) is 13.0 Å². The molecule has 0 aliphatic rings. The first-order valence-corrected chi connectivity index (χ1v) is 6.83. The van der Waals surface area contributed by atoms with Crippen molar-refractivity contribution < 1.29 is 19.4 Å². The minimum Gasteiger partial charge on any atom is -0.493 e. The van der Waals surface area contributed by atoms with Crippen LogP contribution >= 0.6 is 15.9 Å². The Bertz CT molecular complexity index is 473. The number of rotatable bonds is 8. The molecule has 0 saturated carbocycles. The van der Waals surface area contributed by atoms with Gasteiger partial charge in [0.2, 0.25) is 5.91 Å². The molecule has 6 heteroatoms. The molecule has 1 atom stereocenters. The number of carboxylic acid groups (broad SMARTS) is 1. The monoisotopic (exact) mass is 341 g/mol. The van der Waals surface area contributed by atoms with E-state index in [0.717, 1.165) is 4.47 Å². The summed E-state index contributed by atoms with van der Waals surface area (Å²) < 4.78 is 6.33. The Balaban J connectivity index is 2.33. The quantitative estimate of drug-likeness (QED) is 0.711. The second-order valence-corrected chi connectivity index (χ2v) is 4.95. The summed E-state index contributed by atoms with van der Waals surface area (Å²) >= 11 is 3.31. The van der Waals surface area contributed by atoms with Crippen LogP contribution in [-0.2, 0) is 9.59 Å². The van der Waals surface area contributed by atoms with Gasteiger partial charge in [-0.25, -0.2) is 4.79 Å². The van der Waals surface area contributed by atoms with Crippen LogP contribution in [0.4, 0.5) is 0 Å². The molecule has 1 aromatic carbocycles. The van der Waals surface area contributed by atoms with Crippen LogP contribution in [0.5, 0.6) is 5.75 Å². The lowest BCUT2D eigenvalue weighted by Gasteiger charge is -2.12. The maximum Gasteiger partial charge on any atom is 0.326 e. The number of benzene rings is 1. The van der Waals surface area contributed by atoms with Crippen molar-refractivity contribution in [2.45, 2.75) is 18.9 Å². The van der Waals surface area contributed by atoms with Gasteiger partial charge < -0.3 is 15.2 Å². The second kappa shape index (κ2) is 8.37. The number of nitrogens with one attached hydrogen (secondary N) is 1. The van der Waals surface area contributed by atoms with Crippen LogP contribution < -0.4 is 10.1 Å². The highest BCUT2D eigenvalue weighted by molar-refractivity contribution is 9.10. The summed E-state index contributed by atoms with van der Waals surface area (Å²) in [5.74, 6) is -0.787. The van der Waals surface area contributed by atoms with E-state index < -0.39 is 12.0 Å². The molecular formula is C14H16BrNO4. The van der Waals surface area contributed by atoms with E-state index in [1.54, 1.807) is 12.1 Å². The summed E-state index contributed by atoms with van der Waals surface area (Å²) in [6, 6.07) is 6.28. The fraction of sp³-hybridized carbons (Fsp3) is 0.286. The van der Waals surface area contributed by atoms with E-state index in [1.807, 2.05) is 12.1 Å². The lowest BCUT2D eigenvalue weighted by Crippen LogP contribution is -2.40. The van der Waals surface area contributed by atoms with Crippen molar-refractivity contribution in [1.29, 1.82) is 0 Å². The van der Waals surface area contributed by atoms with Gasteiger partial charge in [0.15, 0.2) is 0 Å². The largest absolute Gasteiger partial charge is 0.493 e. The highest BCUT2D eigenvalue weighted by Crippen LogP contribution is 2.16. The summed E-state index contributed by atoms with van der Waals surface area (Å²) in [7, 11) is 0. The summed E-state index contributed by atoms with van der Waals surface area (Å²) in [6.07, 6.45) is 1.74. The minimum atomic E-state index is -1.08. The number of aliphatic carboxylic acids is 1. The van der Waals surface area contributed by atoms with E-state index in [2.05, 4.69) is 27.8 Å². The molecule has 1 amide bonds. The maximum atomic E-state index is 11.6. The minimum absolute atomic E-state index is 0.0942. The molecule has 0 heterocycles. The fourth-order valence-corrected chi connectivity index (χ4v) is 1.71. The Hall–Kier alpha value is -1.82. The van der Waals surface area contributed by atoms with Crippen molar-refractivity contribution in [3.8, 4) is 5.75 Å². The van der Waals surface area contributed by atoms with Crippen molar-refractivity contribution in [1.82, 2.24) is 5.32 Å². The molecule has 0 radical (unpaired) electrons. The molecule has 0 aliphatic carbocycles. The first-order chi connectivity index (χ1) is 9.52. The third kappa shape index (κ3) is 5.88. The molecule has 1 aromatic rings. The molecule has 1 rings (SSSR count).